The summed E-state index contributed by atoms with van der Waals surface area (Å²) in [5, 5.41) is 0.951. The van der Waals surface area contributed by atoms with Crippen LogP contribution in [-0.4, -0.2) is 34.0 Å². The minimum Gasteiger partial charge on any atom is -0.491 e. The van der Waals surface area contributed by atoms with Crippen molar-refractivity contribution < 1.29 is 9.53 Å². The molecule has 188 valence electrons. The summed E-state index contributed by atoms with van der Waals surface area (Å²) in [6.45, 7) is 5.07. The lowest BCUT2D eigenvalue weighted by molar-refractivity contribution is 0.0989. The van der Waals surface area contributed by atoms with Crippen LogP contribution >= 0.6 is 0 Å². The zero-order valence-electron chi connectivity index (χ0n) is 21.5. The number of hydrogen-bond acceptors (Lipinski definition) is 4. The molecule has 3 aromatic carbocycles. The monoisotopic (exact) mass is 500 g/mol. The number of amides is 1. The number of fused-ring (bicyclic) bond motifs is 2. The van der Waals surface area contributed by atoms with Crippen LogP contribution < -0.4 is 9.64 Å². The summed E-state index contributed by atoms with van der Waals surface area (Å²) < 4.78 is 6.07. The third kappa shape index (κ3) is 3.84. The van der Waals surface area contributed by atoms with Crippen molar-refractivity contribution in [3.05, 3.63) is 95.3 Å². The molecular formula is C32H28N4O2. The van der Waals surface area contributed by atoms with Gasteiger partial charge in [0.15, 0.2) is 0 Å². The number of nitrogens with zero attached hydrogens (tertiary/aromatic N) is 3. The SMILES string of the molecule is Cc1ccc(-c2cc3c(-c4cccc(N5CCOc6cc(C7CC7)ccc6C5=O)c4C)ncnc3[nH]2)cc1. The third-order valence-corrected chi connectivity index (χ3v) is 7.74. The lowest BCUT2D eigenvalue weighted by Gasteiger charge is -2.23. The average Bonchev–Trinajstić information content (AvgIpc) is 3.71. The number of anilines is 1. The van der Waals surface area contributed by atoms with E-state index >= 15 is 0 Å². The van der Waals surface area contributed by atoms with Gasteiger partial charge in [-0.05, 0) is 73.6 Å². The van der Waals surface area contributed by atoms with Crippen LogP contribution in [0.15, 0.2) is 73.1 Å². The second-order valence-corrected chi connectivity index (χ2v) is 10.3. The van der Waals surface area contributed by atoms with Gasteiger partial charge in [-0.1, -0.05) is 48.0 Å². The highest BCUT2D eigenvalue weighted by molar-refractivity contribution is 6.09. The quantitative estimate of drug-likeness (QED) is 0.294. The fourth-order valence-electron chi connectivity index (χ4n) is 5.44. The molecule has 1 N–H and O–H groups in total. The molecule has 38 heavy (non-hydrogen) atoms. The molecule has 0 atom stereocenters. The summed E-state index contributed by atoms with van der Waals surface area (Å²) in [6.07, 6.45) is 4.03. The second kappa shape index (κ2) is 8.84. The molecule has 1 fully saturated rings. The lowest BCUT2D eigenvalue weighted by Crippen LogP contribution is -2.33. The summed E-state index contributed by atoms with van der Waals surface area (Å²) in [4.78, 5) is 28.2. The largest absolute Gasteiger partial charge is 0.491 e. The van der Waals surface area contributed by atoms with Crippen molar-refractivity contribution in [3.63, 3.8) is 0 Å². The highest BCUT2D eigenvalue weighted by atomic mass is 16.5. The average molecular weight is 501 g/mol. The topological polar surface area (TPSA) is 71.1 Å². The van der Waals surface area contributed by atoms with Gasteiger partial charge in [-0.25, -0.2) is 9.97 Å². The standard InChI is InChI=1S/C32H28N4O2/c1-19-6-8-22(9-7-19)27-17-26-30(33-18-34-31(26)35-27)24-4-3-5-28(20(24)2)36-14-15-38-29-16-23(21-10-11-21)12-13-25(29)32(36)37/h3-9,12-13,16-18,21H,10-11,14-15H2,1-2H3,(H,33,34,35). The number of nitrogens with one attached hydrogen (secondary N) is 1. The maximum absolute atomic E-state index is 13.7. The Morgan fingerprint density at radius 3 is 2.61 bits per heavy atom. The number of aromatic amines is 1. The van der Waals surface area contributed by atoms with E-state index in [9.17, 15) is 4.79 Å². The predicted octanol–water partition coefficient (Wildman–Crippen LogP) is 6.83. The van der Waals surface area contributed by atoms with E-state index in [0.29, 0.717) is 30.4 Å². The molecule has 1 amide bonds. The first-order valence-corrected chi connectivity index (χ1v) is 13.2. The van der Waals surface area contributed by atoms with E-state index in [1.807, 2.05) is 23.1 Å². The number of carbonyl (C=O) groups is 1. The van der Waals surface area contributed by atoms with Crippen LogP contribution in [0.5, 0.6) is 5.75 Å². The molecule has 6 nitrogen and oxygen atoms in total. The van der Waals surface area contributed by atoms with Crippen molar-refractivity contribution in [2.45, 2.75) is 32.6 Å². The Morgan fingerprint density at radius 1 is 0.947 bits per heavy atom. The Labute approximate surface area is 221 Å². The smallest absolute Gasteiger partial charge is 0.262 e. The van der Waals surface area contributed by atoms with Crippen LogP contribution in [0.4, 0.5) is 5.69 Å². The van der Waals surface area contributed by atoms with Gasteiger partial charge in [-0.2, -0.15) is 0 Å². The first-order chi connectivity index (χ1) is 18.6. The Hall–Kier alpha value is -4.45. The third-order valence-electron chi connectivity index (χ3n) is 7.74. The molecule has 0 bridgehead atoms. The number of ether oxygens (including phenoxy) is 1. The number of H-pyrrole nitrogens is 1. The van der Waals surface area contributed by atoms with E-state index in [1.165, 1.54) is 24.0 Å². The maximum Gasteiger partial charge on any atom is 0.262 e. The van der Waals surface area contributed by atoms with Crippen molar-refractivity contribution in [1.29, 1.82) is 0 Å². The van der Waals surface area contributed by atoms with E-state index in [2.05, 4.69) is 72.3 Å². The first kappa shape index (κ1) is 22.7. The van der Waals surface area contributed by atoms with Gasteiger partial charge in [0.2, 0.25) is 0 Å². The van der Waals surface area contributed by atoms with Gasteiger partial charge in [0.1, 0.15) is 24.3 Å². The Balaban J connectivity index is 1.28. The Bertz CT molecular complexity index is 1700. The van der Waals surface area contributed by atoms with Crippen molar-refractivity contribution >= 4 is 22.6 Å². The molecule has 7 rings (SSSR count). The molecule has 0 saturated heterocycles. The highest BCUT2D eigenvalue weighted by Gasteiger charge is 2.29. The van der Waals surface area contributed by atoms with E-state index in [-0.39, 0.29) is 5.91 Å². The van der Waals surface area contributed by atoms with Crippen LogP contribution in [0, 0.1) is 13.8 Å². The van der Waals surface area contributed by atoms with Crippen molar-refractivity contribution in [1.82, 2.24) is 15.0 Å². The van der Waals surface area contributed by atoms with Gasteiger partial charge < -0.3 is 14.6 Å². The van der Waals surface area contributed by atoms with E-state index in [0.717, 1.165) is 44.8 Å². The molecule has 1 saturated carbocycles. The molecule has 3 heterocycles. The second-order valence-electron chi connectivity index (χ2n) is 10.3. The zero-order valence-corrected chi connectivity index (χ0v) is 21.5. The van der Waals surface area contributed by atoms with Crippen molar-refractivity contribution in [2.75, 3.05) is 18.1 Å². The molecule has 0 radical (unpaired) electrons. The van der Waals surface area contributed by atoms with Gasteiger partial charge in [0, 0.05) is 22.3 Å². The minimum absolute atomic E-state index is 0.0313. The minimum atomic E-state index is -0.0313. The molecule has 2 aromatic heterocycles. The van der Waals surface area contributed by atoms with Crippen molar-refractivity contribution in [3.8, 4) is 28.3 Å². The normalized spacial score (nSPS) is 15.3. The van der Waals surface area contributed by atoms with Gasteiger partial charge in [-0.15, -0.1) is 0 Å². The number of rotatable bonds is 4. The van der Waals surface area contributed by atoms with Gasteiger partial charge in [0.25, 0.3) is 5.91 Å². The first-order valence-electron chi connectivity index (χ1n) is 13.2. The Morgan fingerprint density at radius 2 is 1.79 bits per heavy atom. The van der Waals surface area contributed by atoms with Crippen molar-refractivity contribution in [2.24, 2.45) is 0 Å². The van der Waals surface area contributed by atoms with Gasteiger partial charge >= 0.3 is 0 Å². The van der Waals surface area contributed by atoms with Crippen LogP contribution in [0.25, 0.3) is 33.5 Å². The van der Waals surface area contributed by atoms with E-state index < -0.39 is 0 Å². The highest BCUT2D eigenvalue weighted by Crippen LogP contribution is 2.42. The molecule has 0 unspecified atom stereocenters. The molecule has 1 aliphatic heterocycles. The fourth-order valence-corrected chi connectivity index (χ4v) is 5.44. The van der Waals surface area contributed by atoms with Crippen LogP contribution in [-0.2, 0) is 0 Å². The zero-order chi connectivity index (χ0) is 25.8. The van der Waals surface area contributed by atoms with Crippen LogP contribution in [0.3, 0.4) is 0 Å². The molecule has 6 heteroatoms. The van der Waals surface area contributed by atoms with E-state index in [4.69, 9.17) is 9.72 Å². The number of benzene rings is 3. The summed E-state index contributed by atoms with van der Waals surface area (Å²) in [7, 11) is 0. The molecule has 2 aliphatic rings. The molecule has 0 spiro atoms. The number of carbonyl (C=O) groups excluding carboxylic acids is 1. The Kier molecular flexibility index (Phi) is 5.28. The lowest BCUT2D eigenvalue weighted by atomic mass is 10.00. The number of aryl methyl sites for hydroxylation is 1. The molecule has 5 aromatic rings. The summed E-state index contributed by atoms with van der Waals surface area (Å²) in [6, 6.07) is 22.7. The molecule has 1 aliphatic carbocycles. The maximum atomic E-state index is 13.7. The summed E-state index contributed by atoms with van der Waals surface area (Å²) in [5.41, 5.74) is 9.69. The van der Waals surface area contributed by atoms with Crippen LogP contribution in [0.2, 0.25) is 0 Å². The van der Waals surface area contributed by atoms with E-state index in [1.54, 1.807) is 6.33 Å². The van der Waals surface area contributed by atoms with Gasteiger partial charge in [-0.3, -0.25) is 4.79 Å². The fraction of sp³-hybridized carbons (Fsp3) is 0.219. The van der Waals surface area contributed by atoms with Gasteiger partial charge in [0.05, 0.1) is 17.8 Å². The summed E-state index contributed by atoms with van der Waals surface area (Å²) in [5.74, 6) is 1.28. The summed E-state index contributed by atoms with van der Waals surface area (Å²) >= 11 is 0. The number of aromatic nitrogens is 3. The van der Waals surface area contributed by atoms with Crippen LogP contribution in [0.1, 0.15) is 45.8 Å². The molecular weight excluding hydrogens is 472 g/mol. The number of hydrogen-bond donors (Lipinski definition) is 1. The predicted molar refractivity (Wildman–Crippen MR) is 150 cm³/mol.